The largest absolute Gasteiger partial charge is 0.344 e. The first kappa shape index (κ1) is 14.0. The first-order valence-corrected chi connectivity index (χ1v) is 6.99. The standard InChI is InChI=1S/C17H15N3O2/c1-11(18-17(22)15-8-9-16(21)20-19-15)13-7-6-12-4-2-3-5-14(12)10-13/h2-11H,1H3,(H,18,22)(H,20,21). The number of fused-ring (bicyclic) bond motifs is 1. The van der Waals surface area contributed by atoms with E-state index in [0.29, 0.717) is 0 Å². The van der Waals surface area contributed by atoms with Crippen molar-refractivity contribution in [2.24, 2.45) is 0 Å². The van der Waals surface area contributed by atoms with Crippen LogP contribution in [0.15, 0.2) is 59.4 Å². The van der Waals surface area contributed by atoms with Crippen LogP contribution in [0.4, 0.5) is 0 Å². The van der Waals surface area contributed by atoms with Crippen LogP contribution in [-0.2, 0) is 0 Å². The summed E-state index contributed by atoms with van der Waals surface area (Å²) in [6.07, 6.45) is 0. The zero-order valence-electron chi connectivity index (χ0n) is 12.0. The number of carbonyl (C=O) groups is 1. The molecule has 0 aliphatic carbocycles. The molecule has 22 heavy (non-hydrogen) atoms. The molecule has 0 bridgehead atoms. The Kier molecular flexibility index (Phi) is 3.70. The summed E-state index contributed by atoms with van der Waals surface area (Å²) in [4.78, 5) is 23.1. The zero-order valence-corrected chi connectivity index (χ0v) is 12.0. The fraction of sp³-hybridized carbons (Fsp3) is 0.118. The predicted molar refractivity (Wildman–Crippen MR) is 84.7 cm³/mol. The molecule has 0 radical (unpaired) electrons. The van der Waals surface area contributed by atoms with E-state index in [0.717, 1.165) is 16.3 Å². The maximum atomic E-state index is 12.1. The van der Waals surface area contributed by atoms with Crippen molar-refractivity contribution in [1.82, 2.24) is 15.5 Å². The lowest BCUT2D eigenvalue weighted by Gasteiger charge is -2.14. The van der Waals surface area contributed by atoms with Crippen molar-refractivity contribution in [2.75, 3.05) is 0 Å². The average Bonchev–Trinajstić information content (AvgIpc) is 2.55. The molecule has 0 fully saturated rings. The van der Waals surface area contributed by atoms with Crippen molar-refractivity contribution in [3.63, 3.8) is 0 Å². The van der Waals surface area contributed by atoms with Gasteiger partial charge in [0.15, 0.2) is 0 Å². The Balaban J connectivity index is 1.80. The van der Waals surface area contributed by atoms with Gasteiger partial charge >= 0.3 is 0 Å². The number of carbonyl (C=O) groups excluding carboxylic acids is 1. The number of aromatic amines is 1. The highest BCUT2D eigenvalue weighted by atomic mass is 16.2. The summed E-state index contributed by atoms with van der Waals surface area (Å²) >= 11 is 0. The van der Waals surface area contributed by atoms with Crippen LogP contribution < -0.4 is 10.9 Å². The number of rotatable bonds is 3. The molecule has 2 aromatic carbocycles. The first-order chi connectivity index (χ1) is 10.6. The lowest BCUT2D eigenvalue weighted by molar-refractivity contribution is 0.0933. The highest BCUT2D eigenvalue weighted by molar-refractivity contribution is 5.92. The molecule has 5 heteroatoms. The second-order valence-electron chi connectivity index (χ2n) is 5.11. The number of amides is 1. The molecule has 3 rings (SSSR count). The van der Waals surface area contributed by atoms with Gasteiger partial charge in [-0.05, 0) is 35.4 Å². The molecule has 110 valence electrons. The van der Waals surface area contributed by atoms with Crippen molar-refractivity contribution in [3.8, 4) is 0 Å². The minimum atomic E-state index is -0.334. The quantitative estimate of drug-likeness (QED) is 0.778. The van der Waals surface area contributed by atoms with Gasteiger partial charge < -0.3 is 5.32 Å². The van der Waals surface area contributed by atoms with Gasteiger partial charge in [0.2, 0.25) is 0 Å². The van der Waals surface area contributed by atoms with Crippen LogP contribution in [0.25, 0.3) is 10.8 Å². The van der Waals surface area contributed by atoms with Crippen LogP contribution >= 0.6 is 0 Å². The van der Waals surface area contributed by atoms with E-state index in [1.165, 1.54) is 12.1 Å². The number of benzene rings is 2. The molecular formula is C17H15N3O2. The zero-order chi connectivity index (χ0) is 15.5. The van der Waals surface area contributed by atoms with Crippen LogP contribution in [0, 0.1) is 0 Å². The molecule has 5 nitrogen and oxygen atoms in total. The van der Waals surface area contributed by atoms with Gasteiger partial charge in [-0.1, -0.05) is 36.4 Å². The number of H-pyrrole nitrogens is 1. The first-order valence-electron chi connectivity index (χ1n) is 6.99. The molecule has 1 unspecified atom stereocenters. The van der Waals surface area contributed by atoms with Gasteiger partial charge in [-0.3, -0.25) is 9.59 Å². The Morgan fingerprint density at radius 3 is 2.59 bits per heavy atom. The molecule has 1 amide bonds. The highest BCUT2D eigenvalue weighted by Crippen LogP contribution is 2.20. The SMILES string of the molecule is CC(NC(=O)c1ccc(=O)[nH]n1)c1ccc2ccccc2c1. The molecule has 2 N–H and O–H groups in total. The monoisotopic (exact) mass is 293 g/mol. The van der Waals surface area contributed by atoms with Gasteiger partial charge in [0, 0.05) is 6.07 Å². The number of nitrogens with zero attached hydrogens (tertiary/aromatic N) is 1. The molecule has 0 saturated carbocycles. The molecule has 0 spiro atoms. The maximum Gasteiger partial charge on any atom is 0.272 e. The molecule has 1 atom stereocenters. The van der Waals surface area contributed by atoms with Crippen molar-refractivity contribution in [1.29, 1.82) is 0 Å². The smallest absolute Gasteiger partial charge is 0.272 e. The predicted octanol–water partition coefficient (Wildman–Crippen LogP) is 2.41. The summed E-state index contributed by atoms with van der Waals surface area (Å²) < 4.78 is 0. The van der Waals surface area contributed by atoms with E-state index in [1.807, 2.05) is 43.3 Å². The van der Waals surface area contributed by atoms with Gasteiger partial charge in [-0.25, -0.2) is 5.10 Å². The van der Waals surface area contributed by atoms with Crippen molar-refractivity contribution >= 4 is 16.7 Å². The minimum absolute atomic E-state index is 0.161. The lowest BCUT2D eigenvalue weighted by Crippen LogP contribution is -2.28. The number of hydrogen-bond donors (Lipinski definition) is 2. The lowest BCUT2D eigenvalue weighted by atomic mass is 10.0. The van der Waals surface area contributed by atoms with E-state index in [9.17, 15) is 9.59 Å². The van der Waals surface area contributed by atoms with Crippen molar-refractivity contribution < 1.29 is 4.79 Å². The van der Waals surface area contributed by atoms with E-state index in [4.69, 9.17) is 0 Å². The summed E-state index contributed by atoms with van der Waals surface area (Å²) in [6.45, 7) is 1.91. The summed E-state index contributed by atoms with van der Waals surface area (Å²) in [5.74, 6) is -0.322. The van der Waals surface area contributed by atoms with Crippen LogP contribution in [-0.4, -0.2) is 16.1 Å². The van der Waals surface area contributed by atoms with E-state index in [2.05, 4.69) is 21.6 Å². The van der Waals surface area contributed by atoms with Crippen LogP contribution in [0.1, 0.15) is 29.0 Å². The number of aromatic nitrogens is 2. The van der Waals surface area contributed by atoms with E-state index in [-0.39, 0.29) is 23.2 Å². The fourth-order valence-electron chi connectivity index (χ4n) is 2.30. The van der Waals surface area contributed by atoms with Crippen LogP contribution in [0.3, 0.4) is 0 Å². The summed E-state index contributed by atoms with van der Waals surface area (Å²) in [7, 11) is 0. The van der Waals surface area contributed by atoms with E-state index < -0.39 is 0 Å². The number of hydrogen-bond acceptors (Lipinski definition) is 3. The van der Waals surface area contributed by atoms with Gasteiger partial charge in [0.05, 0.1) is 6.04 Å². The van der Waals surface area contributed by atoms with Gasteiger partial charge in [-0.2, -0.15) is 5.10 Å². The normalized spacial score (nSPS) is 12.0. The molecule has 1 aromatic heterocycles. The Bertz CT molecular complexity index is 866. The fourth-order valence-corrected chi connectivity index (χ4v) is 2.30. The Morgan fingerprint density at radius 2 is 1.86 bits per heavy atom. The Labute approximate surface area is 127 Å². The van der Waals surface area contributed by atoms with E-state index in [1.54, 1.807) is 0 Å². The second-order valence-corrected chi connectivity index (χ2v) is 5.11. The maximum absolute atomic E-state index is 12.1. The van der Waals surface area contributed by atoms with Crippen molar-refractivity contribution in [3.05, 3.63) is 76.2 Å². The highest BCUT2D eigenvalue weighted by Gasteiger charge is 2.13. The summed E-state index contributed by atoms with van der Waals surface area (Å²) in [5, 5.41) is 11.1. The van der Waals surface area contributed by atoms with E-state index >= 15 is 0 Å². The Hall–Kier alpha value is -2.95. The topological polar surface area (TPSA) is 74.8 Å². The average molecular weight is 293 g/mol. The third-order valence-electron chi connectivity index (χ3n) is 3.53. The molecule has 1 heterocycles. The molecule has 0 saturated heterocycles. The van der Waals surface area contributed by atoms with Crippen LogP contribution in [0.5, 0.6) is 0 Å². The summed E-state index contributed by atoms with van der Waals surface area (Å²) in [5.41, 5.74) is 0.864. The molecule has 0 aliphatic heterocycles. The van der Waals surface area contributed by atoms with Gasteiger partial charge in [-0.15, -0.1) is 0 Å². The summed E-state index contributed by atoms with van der Waals surface area (Å²) in [6, 6.07) is 16.7. The third kappa shape index (κ3) is 2.88. The Morgan fingerprint density at radius 1 is 1.09 bits per heavy atom. The molecule has 0 aliphatic rings. The third-order valence-corrected chi connectivity index (χ3v) is 3.53. The van der Waals surface area contributed by atoms with Gasteiger partial charge in [0.1, 0.15) is 5.69 Å². The minimum Gasteiger partial charge on any atom is -0.344 e. The molecular weight excluding hydrogens is 278 g/mol. The molecule has 3 aromatic rings. The van der Waals surface area contributed by atoms with Gasteiger partial charge in [0.25, 0.3) is 11.5 Å². The van der Waals surface area contributed by atoms with Crippen molar-refractivity contribution in [2.45, 2.75) is 13.0 Å². The van der Waals surface area contributed by atoms with Crippen LogP contribution in [0.2, 0.25) is 0 Å². The number of nitrogens with one attached hydrogen (secondary N) is 2. The second kappa shape index (κ2) is 5.81.